The third-order valence-corrected chi connectivity index (χ3v) is 3.57. The van der Waals surface area contributed by atoms with E-state index >= 15 is 0 Å². The molecule has 0 bridgehead atoms. The van der Waals surface area contributed by atoms with E-state index in [-0.39, 0.29) is 5.91 Å². The summed E-state index contributed by atoms with van der Waals surface area (Å²) in [6, 6.07) is 9.55. The van der Waals surface area contributed by atoms with Crippen LogP contribution in [0.4, 0.5) is 0 Å². The van der Waals surface area contributed by atoms with Gasteiger partial charge in [-0.05, 0) is 43.7 Å². The van der Waals surface area contributed by atoms with Crippen LogP contribution < -0.4 is 5.32 Å². The van der Waals surface area contributed by atoms with Gasteiger partial charge < -0.3 is 9.88 Å². The van der Waals surface area contributed by atoms with Crippen molar-refractivity contribution in [3.05, 3.63) is 53.1 Å². The van der Waals surface area contributed by atoms with Crippen molar-refractivity contribution in [1.29, 1.82) is 0 Å². The third-order valence-electron chi connectivity index (χ3n) is 3.57. The first-order valence-electron chi connectivity index (χ1n) is 7.05. The van der Waals surface area contributed by atoms with Gasteiger partial charge in [-0.3, -0.25) is 4.79 Å². The number of nitrogens with one attached hydrogen (secondary N) is 1. The van der Waals surface area contributed by atoms with Gasteiger partial charge in [-0.25, -0.2) is 4.98 Å². The van der Waals surface area contributed by atoms with Crippen LogP contribution >= 0.6 is 0 Å². The van der Waals surface area contributed by atoms with Gasteiger partial charge in [0.1, 0.15) is 5.82 Å². The molecular formula is C16H17N5O. The van der Waals surface area contributed by atoms with Crippen molar-refractivity contribution >= 4 is 16.9 Å². The molecule has 2 aromatic heterocycles. The van der Waals surface area contributed by atoms with Gasteiger partial charge in [0.15, 0.2) is 5.69 Å². The molecule has 0 aliphatic heterocycles. The molecule has 2 heterocycles. The van der Waals surface area contributed by atoms with Gasteiger partial charge in [-0.1, -0.05) is 6.07 Å². The molecule has 0 saturated carbocycles. The van der Waals surface area contributed by atoms with Gasteiger partial charge >= 0.3 is 0 Å². The molecule has 6 nitrogen and oxygen atoms in total. The van der Waals surface area contributed by atoms with E-state index in [1.807, 2.05) is 43.7 Å². The van der Waals surface area contributed by atoms with Crippen LogP contribution in [0.5, 0.6) is 0 Å². The number of carbonyl (C=O) groups excluding carboxylic acids is 1. The molecule has 0 radical (unpaired) electrons. The van der Waals surface area contributed by atoms with Gasteiger partial charge in [-0.15, -0.1) is 5.10 Å². The molecule has 0 spiro atoms. The van der Waals surface area contributed by atoms with Crippen LogP contribution in [0.3, 0.4) is 0 Å². The Morgan fingerprint density at radius 2 is 2.00 bits per heavy atom. The summed E-state index contributed by atoms with van der Waals surface area (Å²) in [7, 11) is 1.94. The number of aryl methyl sites for hydroxylation is 3. The minimum atomic E-state index is -0.254. The number of rotatable bonds is 3. The summed E-state index contributed by atoms with van der Waals surface area (Å²) in [5.41, 5.74) is 4.23. The van der Waals surface area contributed by atoms with Crippen molar-refractivity contribution < 1.29 is 4.79 Å². The molecule has 3 aromatic rings. The maximum atomic E-state index is 12.1. The summed E-state index contributed by atoms with van der Waals surface area (Å²) < 4.78 is 1.98. The summed E-state index contributed by atoms with van der Waals surface area (Å²) in [6.07, 6.45) is 0. The van der Waals surface area contributed by atoms with Crippen LogP contribution in [-0.4, -0.2) is 25.7 Å². The number of carbonyl (C=O) groups is 1. The van der Waals surface area contributed by atoms with Crippen molar-refractivity contribution in [2.75, 3.05) is 0 Å². The van der Waals surface area contributed by atoms with E-state index in [1.54, 1.807) is 12.1 Å². The first-order chi connectivity index (χ1) is 10.5. The van der Waals surface area contributed by atoms with E-state index in [2.05, 4.69) is 20.5 Å². The van der Waals surface area contributed by atoms with Gasteiger partial charge in [0.05, 0.1) is 23.3 Å². The molecule has 22 heavy (non-hydrogen) atoms. The molecule has 112 valence electrons. The average Bonchev–Trinajstić information content (AvgIpc) is 2.81. The summed E-state index contributed by atoms with van der Waals surface area (Å²) in [6.45, 7) is 4.21. The smallest absolute Gasteiger partial charge is 0.272 e. The van der Waals surface area contributed by atoms with Gasteiger partial charge in [-0.2, -0.15) is 5.10 Å². The maximum Gasteiger partial charge on any atom is 0.272 e. The molecule has 0 unspecified atom stereocenters. The Hall–Kier alpha value is -2.76. The number of nitrogens with zero attached hydrogens (tertiary/aromatic N) is 4. The second-order valence-corrected chi connectivity index (χ2v) is 5.32. The lowest BCUT2D eigenvalue weighted by Crippen LogP contribution is -2.25. The summed E-state index contributed by atoms with van der Waals surface area (Å²) in [5.74, 6) is 0.546. The largest absolute Gasteiger partial charge is 0.343 e. The first kappa shape index (κ1) is 14.2. The van der Waals surface area contributed by atoms with Gasteiger partial charge in [0, 0.05) is 7.05 Å². The molecule has 0 fully saturated rings. The van der Waals surface area contributed by atoms with Crippen LogP contribution in [0, 0.1) is 13.8 Å². The summed E-state index contributed by atoms with van der Waals surface area (Å²) in [4.78, 5) is 16.6. The zero-order valence-electron chi connectivity index (χ0n) is 12.8. The maximum absolute atomic E-state index is 12.1. The number of imidazole rings is 1. The first-order valence-corrected chi connectivity index (χ1v) is 7.05. The predicted molar refractivity (Wildman–Crippen MR) is 83.4 cm³/mol. The lowest BCUT2D eigenvalue weighted by Gasteiger charge is -2.05. The highest BCUT2D eigenvalue weighted by Crippen LogP contribution is 2.16. The molecule has 1 N–H and O–H groups in total. The number of hydrogen-bond acceptors (Lipinski definition) is 4. The zero-order valence-corrected chi connectivity index (χ0v) is 12.8. The van der Waals surface area contributed by atoms with E-state index in [9.17, 15) is 4.79 Å². The van der Waals surface area contributed by atoms with Crippen LogP contribution in [0.2, 0.25) is 0 Å². The monoisotopic (exact) mass is 295 g/mol. The molecule has 0 aliphatic carbocycles. The quantitative estimate of drug-likeness (QED) is 0.801. The van der Waals surface area contributed by atoms with Crippen molar-refractivity contribution in [2.45, 2.75) is 20.4 Å². The molecular weight excluding hydrogens is 278 g/mol. The van der Waals surface area contributed by atoms with E-state index in [4.69, 9.17) is 0 Å². The van der Waals surface area contributed by atoms with Crippen LogP contribution in [0.1, 0.15) is 27.6 Å². The highest BCUT2D eigenvalue weighted by Gasteiger charge is 2.11. The highest BCUT2D eigenvalue weighted by molar-refractivity contribution is 5.92. The second-order valence-electron chi connectivity index (χ2n) is 5.32. The normalized spacial score (nSPS) is 10.9. The van der Waals surface area contributed by atoms with Gasteiger partial charge in [0.25, 0.3) is 5.91 Å². The molecule has 6 heteroatoms. The number of amides is 1. The fraction of sp³-hybridized carbons (Fsp3) is 0.250. The molecule has 0 aliphatic rings. The second kappa shape index (κ2) is 5.55. The fourth-order valence-corrected chi connectivity index (χ4v) is 2.29. The number of aromatic nitrogens is 4. The summed E-state index contributed by atoms with van der Waals surface area (Å²) in [5, 5.41) is 10.6. The van der Waals surface area contributed by atoms with Crippen molar-refractivity contribution in [3.8, 4) is 0 Å². The minimum absolute atomic E-state index is 0.254. The standard InChI is InChI=1S/C16H17N5O/c1-10-4-7-14-13(8-10)18-15(21(14)3)9-17-16(22)12-6-5-11(2)19-20-12/h4-8H,9H2,1-3H3,(H,17,22). The van der Waals surface area contributed by atoms with E-state index in [0.717, 1.165) is 28.1 Å². The van der Waals surface area contributed by atoms with Gasteiger partial charge in [0.2, 0.25) is 0 Å². The summed E-state index contributed by atoms with van der Waals surface area (Å²) >= 11 is 0. The topological polar surface area (TPSA) is 72.7 Å². The lowest BCUT2D eigenvalue weighted by molar-refractivity contribution is 0.0943. The Balaban J connectivity index is 1.77. The van der Waals surface area contributed by atoms with Crippen molar-refractivity contribution in [3.63, 3.8) is 0 Å². The van der Waals surface area contributed by atoms with Crippen molar-refractivity contribution in [2.24, 2.45) is 7.05 Å². The Morgan fingerprint density at radius 3 is 2.73 bits per heavy atom. The average molecular weight is 295 g/mol. The van der Waals surface area contributed by atoms with Crippen LogP contribution in [0.25, 0.3) is 11.0 Å². The van der Waals surface area contributed by atoms with E-state index in [0.29, 0.717) is 12.2 Å². The predicted octanol–water partition coefficient (Wildman–Crippen LogP) is 1.91. The fourth-order valence-electron chi connectivity index (χ4n) is 2.29. The Labute approximate surface area is 128 Å². The number of benzene rings is 1. The Kier molecular flexibility index (Phi) is 3.58. The SMILES string of the molecule is Cc1ccc2c(c1)nc(CNC(=O)c1ccc(C)nn1)n2C. The molecule has 1 aromatic carbocycles. The van der Waals surface area contributed by atoms with Crippen LogP contribution in [-0.2, 0) is 13.6 Å². The molecule has 1 amide bonds. The minimum Gasteiger partial charge on any atom is -0.343 e. The highest BCUT2D eigenvalue weighted by atomic mass is 16.1. The van der Waals surface area contributed by atoms with Crippen LogP contribution in [0.15, 0.2) is 30.3 Å². The van der Waals surface area contributed by atoms with E-state index < -0.39 is 0 Å². The molecule has 3 rings (SSSR count). The zero-order chi connectivity index (χ0) is 15.7. The molecule has 0 saturated heterocycles. The Bertz CT molecular complexity index is 836. The number of hydrogen-bond donors (Lipinski definition) is 1. The number of fused-ring (bicyclic) bond motifs is 1. The Morgan fingerprint density at radius 1 is 1.18 bits per heavy atom. The molecule has 0 atom stereocenters. The lowest BCUT2D eigenvalue weighted by atomic mass is 10.2. The van der Waals surface area contributed by atoms with E-state index in [1.165, 1.54) is 0 Å². The van der Waals surface area contributed by atoms with Crippen molar-refractivity contribution in [1.82, 2.24) is 25.1 Å². The third kappa shape index (κ3) is 2.67.